The van der Waals surface area contributed by atoms with Gasteiger partial charge in [-0.05, 0) is 49.2 Å². The van der Waals surface area contributed by atoms with Crippen molar-refractivity contribution in [3.8, 4) is 5.75 Å². The maximum atomic E-state index is 13.1. The lowest BCUT2D eigenvalue weighted by Crippen LogP contribution is -2.50. The molecule has 0 radical (unpaired) electrons. The second-order valence-electron chi connectivity index (χ2n) is 6.65. The minimum Gasteiger partial charge on any atom is -0.476 e. The molecule has 1 heterocycles. The molecule has 0 fully saturated rings. The van der Waals surface area contributed by atoms with Crippen molar-refractivity contribution < 1.29 is 22.3 Å². The van der Waals surface area contributed by atoms with Gasteiger partial charge in [-0.3, -0.25) is 9.10 Å². The molecular weight excluding hydrogens is 371 g/mol. The first kappa shape index (κ1) is 19.2. The topological polar surface area (TPSA) is 75.7 Å². The number of ether oxygens (including phenoxy) is 1. The van der Waals surface area contributed by atoms with Crippen molar-refractivity contribution in [1.29, 1.82) is 0 Å². The van der Waals surface area contributed by atoms with E-state index in [1.807, 2.05) is 6.92 Å². The monoisotopic (exact) mass is 392 g/mol. The fourth-order valence-electron chi connectivity index (χ4n) is 2.95. The number of nitrogens with one attached hydrogen (secondary N) is 1. The van der Waals surface area contributed by atoms with Crippen LogP contribution in [0.25, 0.3) is 0 Å². The molecule has 2 atom stereocenters. The van der Waals surface area contributed by atoms with Gasteiger partial charge >= 0.3 is 0 Å². The molecular formula is C19H21FN2O4S. The lowest BCUT2D eigenvalue weighted by atomic mass is 10.1. The van der Waals surface area contributed by atoms with Crippen LogP contribution in [0.1, 0.15) is 24.1 Å². The number of rotatable bonds is 4. The quantitative estimate of drug-likeness (QED) is 0.868. The Morgan fingerprint density at radius 3 is 2.56 bits per heavy atom. The minimum absolute atomic E-state index is 0.114. The standard InChI is InChI=1S/C19H21FN2O4S/c1-12-4-9-17-16(10-12)22(27(3,24)25)11-18(26-17)19(23)21-13(2)14-5-7-15(20)8-6-14/h4-10,13,18H,11H2,1-3H3,(H,21,23)/t13-,18-/m1/s1. The van der Waals surface area contributed by atoms with Crippen LogP contribution in [0.15, 0.2) is 42.5 Å². The van der Waals surface area contributed by atoms with Crippen LogP contribution in [0, 0.1) is 12.7 Å². The number of sulfonamides is 1. The maximum absolute atomic E-state index is 13.1. The summed E-state index contributed by atoms with van der Waals surface area (Å²) in [4.78, 5) is 12.7. The summed E-state index contributed by atoms with van der Waals surface area (Å²) >= 11 is 0. The van der Waals surface area contributed by atoms with Gasteiger partial charge in [-0.1, -0.05) is 18.2 Å². The van der Waals surface area contributed by atoms with Crippen LogP contribution in [0.5, 0.6) is 5.75 Å². The minimum atomic E-state index is -3.58. The smallest absolute Gasteiger partial charge is 0.263 e. The third-order valence-corrected chi connectivity index (χ3v) is 5.55. The van der Waals surface area contributed by atoms with Crippen molar-refractivity contribution >= 4 is 21.6 Å². The van der Waals surface area contributed by atoms with E-state index in [-0.39, 0.29) is 18.4 Å². The Kier molecular flexibility index (Phi) is 5.10. The van der Waals surface area contributed by atoms with Crippen LogP contribution in [0.4, 0.5) is 10.1 Å². The summed E-state index contributed by atoms with van der Waals surface area (Å²) in [5, 5.41) is 2.79. The average molecular weight is 392 g/mol. The van der Waals surface area contributed by atoms with E-state index in [0.717, 1.165) is 17.4 Å². The van der Waals surface area contributed by atoms with Gasteiger partial charge in [0.05, 0.1) is 24.5 Å². The van der Waals surface area contributed by atoms with E-state index < -0.39 is 22.0 Å². The fourth-order valence-corrected chi connectivity index (χ4v) is 3.86. The summed E-state index contributed by atoms with van der Waals surface area (Å²) in [6.45, 7) is 3.50. The van der Waals surface area contributed by atoms with Gasteiger partial charge < -0.3 is 10.1 Å². The van der Waals surface area contributed by atoms with Gasteiger partial charge in [0.2, 0.25) is 10.0 Å². The van der Waals surface area contributed by atoms with Crippen molar-refractivity contribution in [2.75, 3.05) is 17.1 Å². The summed E-state index contributed by atoms with van der Waals surface area (Å²) in [6.07, 6.45) is 0.110. The zero-order valence-electron chi connectivity index (χ0n) is 15.3. The van der Waals surface area contributed by atoms with Crippen LogP contribution < -0.4 is 14.4 Å². The van der Waals surface area contributed by atoms with E-state index in [1.54, 1.807) is 37.3 Å². The first-order valence-electron chi connectivity index (χ1n) is 8.46. The molecule has 0 bridgehead atoms. The lowest BCUT2D eigenvalue weighted by molar-refractivity contribution is -0.128. The number of halogens is 1. The number of amides is 1. The Morgan fingerprint density at radius 2 is 1.93 bits per heavy atom. The van der Waals surface area contributed by atoms with Crippen LogP contribution in [-0.2, 0) is 14.8 Å². The molecule has 3 rings (SSSR count). The SMILES string of the molecule is Cc1ccc2c(c1)N(S(C)(=O)=O)C[C@H](C(=O)N[C@H](C)c1ccc(F)cc1)O2. The predicted molar refractivity (Wildman–Crippen MR) is 101 cm³/mol. The summed E-state index contributed by atoms with van der Waals surface area (Å²) in [7, 11) is -3.58. The van der Waals surface area contributed by atoms with E-state index in [1.165, 1.54) is 16.4 Å². The highest BCUT2D eigenvalue weighted by molar-refractivity contribution is 7.92. The number of hydrogen-bond donors (Lipinski definition) is 1. The average Bonchev–Trinajstić information content (AvgIpc) is 2.60. The predicted octanol–water partition coefficient (Wildman–Crippen LogP) is 2.54. The number of carbonyl (C=O) groups is 1. The third-order valence-electron chi connectivity index (χ3n) is 4.41. The molecule has 0 saturated carbocycles. The van der Waals surface area contributed by atoms with Crippen molar-refractivity contribution in [2.24, 2.45) is 0 Å². The van der Waals surface area contributed by atoms with Gasteiger partial charge in [-0.15, -0.1) is 0 Å². The number of carbonyl (C=O) groups excluding carboxylic acids is 1. The molecule has 1 amide bonds. The number of fused-ring (bicyclic) bond motifs is 1. The Balaban J connectivity index is 1.81. The Labute approximate surface area is 158 Å². The number of aryl methyl sites for hydroxylation is 1. The Hall–Kier alpha value is -2.61. The molecule has 6 nitrogen and oxygen atoms in total. The molecule has 2 aromatic carbocycles. The molecule has 2 aromatic rings. The normalized spacial score (nSPS) is 17.6. The molecule has 27 heavy (non-hydrogen) atoms. The summed E-state index contributed by atoms with van der Waals surface area (Å²) < 4.78 is 44.4. The molecule has 8 heteroatoms. The number of anilines is 1. The molecule has 0 spiro atoms. The van der Waals surface area contributed by atoms with E-state index in [0.29, 0.717) is 11.4 Å². The first-order valence-corrected chi connectivity index (χ1v) is 10.3. The molecule has 1 N–H and O–H groups in total. The zero-order chi connectivity index (χ0) is 19.8. The molecule has 0 aromatic heterocycles. The largest absolute Gasteiger partial charge is 0.476 e. The second kappa shape index (κ2) is 7.19. The van der Waals surface area contributed by atoms with E-state index >= 15 is 0 Å². The van der Waals surface area contributed by atoms with Gasteiger partial charge in [0.1, 0.15) is 11.6 Å². The summed E-state index contributed by atoms with van der Waals surface area (Å²) in [5.41, 5.74) is 2.04. The molecule has 144 valence electrons. The van der Waals surface area contributed by atoms with Crippen LogP contribution in [0.3, 0.4) is 0 Å². The third kappa shape index (κ3) is 4.21. The van der Waals surface area contributed by atoms with Crippen molar-refractivity contribution in [1.82, 2.24) is 5.32 Å². The van der Waals surface area contributed by atoms with Crippen LogP contribution >= 0.6 is 0 Å². The zero-order valence-corrected chi connectivity index (χ0v) is 16.1. The second-order valence-corrected chi connectivity index (χ2v) is 8.56. The van der Waals surface area contributed by atoms with Crippen LogP contribution in [-0.4, -0.2) is 33.2 Å². The highest BCUT2D eigenvalue weighted by Gasteiger charge is 2.35. The van der Waals surface area contributed by atoms with E-state index in [2.05, 4.69) is 5.32 Å². The highest BCUT2D eigenvalue weighted by Crippen LogP contribution is 2.35. The Morgan fingerprint density at radius 1 is 1.26 bits per heavy atom. The maximum Gasteiger partial charge on any atom is 0.263 e. The van der Waals surface area contributed by atoms with E-state index in [9.17, 15) is 17.6 Å². The molecule has 1 aliphatic heterocycles. The fraction of sp³-hybridized carbons (Fsp3) is 0.316. The molecule has 0 saturated heterocycles. The van der Waals surface area contributed by atoms with E-state index in [4.69, 9.17) is 4.74 Å². The van der Waals surface area contributed by atoms with Crippen molar-refractivity contribution in [2.45, 2.75) is 26.0 Å². The van der Waals surface area contributed by atoms with Crippen molar-refractivity contribution in [3.05, 3.63) is 59.4 Å². The summed E-state index contributed by atoms with van der Waals surface area (Å²) in [6, 6.07) is 10.6. The summed E-state index contributed by atoms with van der Waals surface area (Å²) in [5.74, 6) is -0.456. The van der Waals surface area contributed by atoms with Gasteiger partial charge in [0.25, 0.3) is 5.91 Å². The number of hydrogen-bond acceptors (Lipinski definition) is 4. The number of nitrogens with zero attached hydrogens (tertiary/aromatic N) is 1. The molecule has 0 aliphatic carbocycles. The molecule has 0 unspecified atom stereocenters. The van der Waals surface area contributed by atoms with Gasteiger partial charge in [-0.2, -0.15) is 0 Å². The van der Waals surface area contributed by atoms with Crippen LogP contribution in [0.2, 0.25) is 0 Å². The Bertz CT molecular complexity index is 960. The van der Waals surface area contributed by atoms with Crippen molar-refractivity contribution in [3.63, 3.8) is 0 Å². The first-order chi connectivity index (χ1) is 12.6. The highest BCUT2D eigenvalue weighted by atomic mass is 32.2. The number of benzene rings is 2. The van der Waals surface area contributed by atoms with Gasteiger partial charge in [0.15, 0.2) is 6.10 Å². The lowest BCUT2D eigenvalue weighted by Gasteiger charge is -2.34. The van der Waals surface area contributed by atoms with Gasteiger partial charge in [0, 0.05) is 0 Å². The molecule has 1 aliphatic rings. The van der Waals surface area contributed by atoms with Gasteiger partial charge in [-0.25, -0.2) is 12.8 Å².